The molecule has 0 radical (unpaired) electrons. The molecule has 2 heteroatoms. The third-order valence-corrected chi connectivity index (χ3v) is 5.00. The van der Waals surface area contributed by atoms with E-state index in [4.69, 9.17) is 4.74 Å². The van der Waals surface area contributed by atoms with Crippen LogP contribution in [0.3, 0.4) is 0 Å². The van der Waals surface area contributed by atoms with Crippen LogP contribution in [0.2, 0.25) is 0 Å². The van der Waals surface area contributed by atoms with Crippen molar-refractivity contribution in [2.45, 2.75) is 25.4 Å². The van der Waals surface area contributed by atoms with Crippen LogP contribution >= 0.6 is 0 Å². The van der Waals surface area contributed by atoms with Crippen LogP contribution in [-0.2, 0) is 28.8 Å². The van der Waals surface area contributed by atoms with Gasteiger partial charge in [-0.2, -0.15) is 0 Å². The molecule has 134 valence electrons. The molecule has 0 aliphatic carbocycles. The van der Waals surface area contributed by atoms with Gasteiger partial charge in [-0.15, -0.1) is 0 Å². The molecule has 1 aliphatic rings. The number of esters is 1. The van der Waals surface area contributed by atoms with Crippen LogP contribution in [0, 0.1) is 0 Å². The molecular formula is C25H22O2. The second-order valence-corrected chi connectivity index (χ2v) is 6.91. The predicted octanol–water partition coefficient (Wildman–Crippen LogP) is 4.94. The molecule has 0 saturated carbocycles. The van der Waals surface area contributed by atoms with Gasteiger partial charge in [0.1, 0.15) is 6.10 Å². The molecule has 0 fully saturated rings. The number of benzene rings is 3. The van der Waals surface area contributed by atoms with E-state index in [1.54, 1.807) is 0 Å². The lowest BCUT2D eigenvalue weighted by Crippen LogP contribution is -2.16. The van der Waals surface area contributed by atoms with Crippen LogP contribution < -0.4 is 0 Å². The number of hydrogen-bond donors (Lipinski definition) is 0. The Morgan fingerprint density at radius 3 is 1.67 bits per heavy atom. The first kappa shape index (κ1) is 17.3. The maximum absolute atomic E-state index is 12.7. The van der Waals surface area contributed by atoms with Gasteiger partial charge in [-0.3, -0.25) is 0 Å². The molecule has 1 aliphatic heterocycles. The van der Waals surface area contributed by atoms with Crippen molar-refractivity contribution in [1.29, 1.82) is 0 Å². The van der Waals surface area contributed by atoms with Gasteiger partial charge in [-0.25, -0.2) is 4.79 Å². The van der Waals surface area contributed by atoms with Crippen molar-refractivity contribution in [3.8, 4) is 0 Å². The van der Waals surface area contributed by atoms with Crippen LogP contribution in [0.15, 0.2) is 102 Å². The summed E-state index contributed by atoms with van der Waals surface area (Å²) in [5.41, 5.74) is 5.44. The summed E-state index contributed by atoms with van der Waals surface area (Å²) in [7, 11) is 0. The third kappa shape index (κ3) is 4.17. The average Bonchev–Trinajstić information content (AvgIpc) is 2.99. The number of ether oxygens (including phenoxy) is 1. The van der Waals surface area contributed by atoms with Crippen molar-refractivity contribution in [3.05, 3.63) is 119 Å². The molecule has 3 aromatic carbocycles. The van der Waals surface area contributed by atoms with Gasteiger partial charge in [0.25, 0.3) is 0 Å². The number of carbonyl (C=O) groups excluding carboxylic acids is 1. The molecule has 0 amide bonds. The largest absolute Gasteiger partial charge is 0.454 e. The van der Waals surface area contributed by atoms with Crippen LogP contribution in [0.4, 0.5) is 0 Å². The minimum absolute atomic E-state index is 0.175. The minimum atomic E-state index is -0.196. The molecule has 0 unspecified atom stereocenters. The molecule has 0 spiro atoms. The fourth-order valence-electron chi connectivity index (χ4n) is 3.61. The van der Waals surface area contributed by atoms with Gasteiger partial charge in [0.05, 0.1) is 0 Å². The monoisotopic (exact) mass is 354 g/mol. The van der Waals surface area contributed by atoms with Gasteiger partial charge in [-0.05, 0) is 28.7 Å². The van der Waals surface area contributed by atoms with Crippen LogP contribution in [0.1, 0.15) is 16.7 Å². The van der Waals surface area contributed by atoms with Gasteiger partial charge in [0.2, 0.25) is 0 Å². The number of hydrogen-bond acceptors (Lipinski definition) is 2. The highest BCUT2D eigenvalue weighted by Gasteiger charge is 2.33. The summed E-state index contributed by atoms with van der Waals surface area (Å²) in [6, 6.07) is 30.7. The van der Waals surface area contributed by atoms with E-state index in [-0.39, 0.29) is 12.1 Å². The maximum atomic E-state index is 12.7. The van der Waals surface area contributed by atoms with Crippen LogP contribution in [-0.4, -0.2) is 12.1 Å². The first-order valence-electron chi connectivity index (χ1n) is 9.34. The van der Waals surface area contributed by atoms with Crippen molar-refractivity contribution in [2.75, 3.05) is 0 Å². The van der Waals surface area contributed by atoms with Crippen molar-refractivity contribution in [3.63, 3.8) is 0 Å². The Balaban J connectivity index is 1.67. The fourth-order valence-corrected chi connectivity index (χ4v) is 3.61. The smallest absolute Gasteiger partial charge is 0.335 e. The Bertz CT molecular complexity index is 928. The maximum Gasteiger partial charge on any atom is 0.335 e. The summed E-state index contributed by atoms with van der Waals surface area (Å²) in [5.74, 6) is -0.175. The van der Waals surface area contributed by atoms with Gasteiger partial charge < -0.3 is 4.74 Å². The van der Waals surface area contributed by atoms with Crippen molar-refractivity contribution in [1.82, 2.24) is 0 Å². The van der Waals surface area contributed by atoms with E-state index in [0.717, 1.165) is 23.1 Å². The number of rotatable bonds is 6. The van der Waals surface area contributed by atoms with Crippen LogP contribution in [0.25, 0.3) is 0 Å². The molecule has 0 saturated heterocycles. The lowest BCUT2D eigenvalue weighted by atomic mass is 9.91. The lowest BCUT2D eigenvalue weighted by molar-refractivity contribution is -0.139. The Labute approximate surface area is 160 Å². The van der Waals surface area contributed by atoms with Crippen molar-refractivity contribution < 1.29 is 9.53 Å². The summed E-state index contributed by atoms with van der Waals surface area (Å²) in [4.78, 5) is 12.7. The number of carbonyl (C=O) groups is 1. The summed E-state index contributed by atoms with van der Waals surface area (Å²) in [6.45, 7) is 0. The van der Waals surface area contributed by atoms with Gasteiger partial charge in [-0.1, -0.05) is 91.0 Å². The zero-order valence-corrected chi connectivity index (χ0v) is 15.2. The fraction of sp³-hybridized carbons (Fsp3) is 0.160. The first-order chi connectivity index (χ1) is 13.3. The highest BCUT2D eigenvalue weighted by Crippen LogP contribution is 2.30. The zero-order valence-electron chi connectivity index (χ0n) is 15.2. The summed E-state index contributed by atoms with van der Waals surface area (Å²) < 4.78 is 5.82. The van der Waals surface area contributed by atoms with Crippen molar-refractivity contribution >= 4 is 5.97 Å². The average molecular weight is 354 g/mol. The Morgan fingerprint density at radius 2 is 1.11 bits per heavy atom. The SMILES string of the molecule is O=C1O[C@H](Cc2ccccc2)C(Cc2ccccc2)=C1Cc1ccccc1. The zero-order chi connectivity index (χ0) is 18.5. The van der Waals surface area contributed by atoms with Gasteiger partial charge in [0.15, 0.2) is 0 Å². The van der Waals surface area contributed by atoms with Crippen LogP contribution in [0.5, 0.6) is 0 Å². The molecule has 4 rings (SSSR count). The van der Waals surface area contributed by atoms with E-state index in [9.17, 15) is 4.79 Å². The third-order valence-electron chi connectivity index (χ3n) is 5.00. The highest BCUT2D eigenvalue weighted by molar-refractivity contribution is 5.93. The topological polar surface area (TPSA) is 26.3 Å². The van der Waals surface area contributed by atoms with E-state index in [1.165, 1.54) is 11.1 Å². The molecule has 0 aromatic heterocycles. The molecule has 2 nitrogen and oxygen atoms in total. The Morgan fingerprint density at radius 1 is 0.630 bits per heavy atom. The predicted molar refractivity (Wildman–Crippen MR) is 107 cm³/mol. The van der Waals surface area contributed by atoms with Gasteiger partial charge in [0, 0.05) is 18.4 Å². The normalized spacial score (nSPS) is 16.4. The molecule has 1 atom stereocenters. The molecule has 0 N–H and O–H groups in total. The van der Waals surface area contributed by atoms with E-state index in [0.29, 0.717) is 12.8 Å². The standard InChI is InChI=1S/C25H22O2/c26-25-23(17-20-12-6-2-7-13-20)22(16-19-10-4-1-5-11-19)24(27-25)18-21-14-8-3-9-15-21/h1-15,24H,16-18H2/t24-/m1/s1. The van der Waals surface area contributed by atoms with E-state index in [1.807, 2.05) is 54.6 Å². The Kier molecular flexibility index (Phi) is 5.15. The summed E-state index contributed by atoms with van der Waals surface area (Å²) in [5, 5.41) is 0. The molecular weight excluding hydrogens is 332 g/mol. The van der Waals surface area contributed by atoms with E-state index < -0.39 is 0 Å². The Hall–Kier alpha value is -3.13. The van der Waals surface area contributed by atoms with E-state index in [2.05, 4.69) is 36.4 Å². The lowest BCUT2D eigenvalue weighted by Gasteiger charge is -2.15. The minimum Gasteiger partial charge on any atom is -0.454 e. The van der Waals surface area contributed by atoms with Crippen molar-refractivity contribution in [2.24, 2.45) is 0 Å². The summed E-state index contributed by atoms with van der Waals surface area (Å²) >= 11 is 0. The molecule has 27 heavy (non-hydrogen) atoms. The number of cyclic esters (lactones) is 1. The second-order valence-electron chi connectivity index (χ2n) is 6.91. The van der Waals surface area contributed by atoms with Gasteiger partial charge >= 0.3 is 5.97 Å². The first-order valence-corrected chi connectivity index (χ1v) is 9.34. The quantitative estimate of drug-likeness (QED) is 0.586. The van der Waals surface area contributed by atoms with E-state index >= 15 is 0 Å². The second kappa shape index (κ2) is 8.05. The molecule has 1 heterocycles. The molecule has 3 aromatic rings. The highest BCUT2D eigenvalue weighted by atomic mass is 16.5. The summed E-state index contributed by atoms with van der Waals surface area (Å²) in [6.07, 6.45) is 1.88. The molecule has 0 bridgehead atoms.